The SMILES string of the molecule is [B+2]c1cccc(C(=O)N2CCN(C)CC2)c1.[OH-].[OH-]. The molecule has 0 unspecified atom stereocenters. The van der Waals surface area contributed by atoms with Gasteiger partial charge in [-0.25, -0.2) is 0 Å². The Labute approximate surface area is 108 Å². The Balaban J connectivity index is 0.00000144. The topological polar surface area (TPSA) is 83.6 Å². The fourth-order valence-corrected chi connectivity index (χ4v) is 1.86. The molecule has 0 aromatic heterocycles. The summed E-state index contributed by atoms with van der Waals surface area (Å²) in [4.78, 5) is 16.2. The molecule has 5 nitrogen and oxygen atoms in total. The first-order chi connectivity index (χ1) is 7.66. The number of hydrogen-bond donors (Lipinski definition) is 0. The molecule has 2 N–H and O–H groups in total. The number of carbonyl (C=O) groups is 1. The Morgan fingerprint density at radius 1 is 1.17 bits per heavy atom. The molecule has 0 bridgehead atoms. The van der Waals surface area contributed by atoms with Crippen LogP contribution in [0.4, 0.5) is 0 Å². The zero-order valence-electron chi connectivity index (χ0n) is 10.4. The molecule has 96 valence electrons. The third kappa shape index (κ3) is 3.84. The summed E-state index contributed by atoms with van der Waals surface area (Å²) >= 11 is 0. The first kappa shape index (κ1) is 16.6. The van der Waals surface area contributed by atoms with Gasteiger partial charge in [0.2, 0.25) is 0 Å². The van der Waals surface area contributed by atoms with Crippen LogP contribution in [0.2, 0.25) is 0 Å². The Bertz CT molecular complexity index is 393. The predicted octanol–water partition coefficient (Wildman–Crippen LogP) is -0.486. The zero-order valence-corrected chi connectivity index (χ0v) is 10.4. The van der Waals surface area contributed by atoms with Crippen LogP contribution in [0.3, 0.4) is 0 Å². The molecule has 0 spiro atoms. The Hall–Kier alpha value is -1.37. The van der Waals surface area contributed by atoms with Gasteiger partial charge in [0.1, 0.15) is 0 Å². The van der Waals surface area contributed by atoms with Crippen LogP contribution in [0, 0.1) is 0 Å². The Kier molecular flexibility index (Phi) is 6.61. The van der Waals surface area contributed by atoms with Crippen LogP contribution in [0.5, 0.6) is 0 Å². The van der Waals surface area contributed by atoms with Gasteiger partial charge in [-0.3, -0.25) is 0 Å². The summed E-state index contributed by atoms with van der Waals surface area (Å²) in [6.07, 6.45) is 0. The molecule has 0 atom stereocenters. The summed E-state index contributed by atoms with van der Waals surface area (Å²) in [6, 6.07) is 7.16. The largest absolute Gasteiger partial charge is 0.870 e. The van der Waals surface area contributed by atoms with Crippen LogP contribution in [0.15, 0.2) is 24.3 Å². The minimum absolute atomic E-state index is 0. The zero-order chi connectivity index (χ0) is 11.5. The van der Waals surface area contributed by atoms with Gasteiger partial charge in [0, 0.05) is 0 Å². The number of nitrogens with zero attached hydrogens (tertiary/aromatic N) is 2. The van der Waals surface area contributed by atoms with E-state index < -0.39 is 0 Å². The van der Waals surface area contributed by atoms with Crippen molar-refractivity contribution in [2.75, 3.05) is 33.2 Å². The first-order valence-electron chi connectivity index (χ1n) is 5.50. The molecular weight excluding hydrogens is 231 g/mol. The fourth-order valence-electron chi connectivity index (χ4n) is 1.86. The molecular formula is C12H17BN2O3. The maximum Gasteiger partial charge on any atom is -0.870 e. The van der Waals surface area contributed by atoms with Gasteiger partial charge >= 0.3 is 96.9 Å². The smallest absolute Gasteiger partial charge is 0.870 e. The van der Waals surface area contributed by atoms with Gasteiger partial charge in [-0.15, -0.1) is 0 Å². The summed E-state index contributed by atoms with van der Waals surface area (Å²) in [6.45, 7) is 3.47. The summed E-state index contributed by atoms with van der Waals surface area (Å²) in [5, 5.41) is 0. The van der Waals surface area contributed by atoms with Gasteiger partial charge in [-0.05, 0) is 0 Å². The molecule has 6 heteroatoms. The maximum atomic E-state index is 12.1. The van der Waals surface area contributed by atoms with E-state index in [0.717, 1.165) is 26.2 Å². The van der Waals surface area contributed by atoms with E-state index in [2.05, 4.69) is 11.9 Å². The monoisotopic (exact) mass is 248 g/mol. The van der Waals surface area contributed by atoms with Crippen molar-refractivity contribution in [3.8, 4) is 0 Å². The van der Waals surface area contributed by atoms with Crippen molar-refractivity contribution in [3.63, 3.8) is 0 Å². The van der Waals surface area contributed by atoms with Crippen molar-refractivity contribution in [1.29, 1.82) is 0 Å². The van der Waals surface area contributed by atoms with Crippen LogP contribution in [0.25, 0.3) is 0 Å². The van der Waals surface area contributed by atoms with Crippen molar-refractivity contribution in [3.05, 3.63) is 29.8 Å². The number of carbonyl (C=O) groups excluding carboxylic acids is 1. The number of benzene rings is 1. The summed E-state index contributed by atoms with van der Waals surface area (Å²) < 4.78 is 0. The van der Waals surface area contributed by atoms with Crippen molar-refractivity contribution in [2.24, 2.45) is 0 Å². The third-order valence-electron chi connectivity index (χ3n) is 2.92. The van der Waals surface area contributed by atoms with E-state index in [0.29, 0.717) is 11.0 Å². The third-order valence-corrected chi connectivity index (χ3v) is 2.92. The first-order valence-corrected chi connectivity index (χ1v) is 5.50. The standard InChI is InChI=1S/C12H15BN2O.2H2O/c1-14-5-7-15(8-6-14)12(16)10-3-2-4-11(13)9-10;;/h2-4,9H,5-8H2,1H3;2*1H2/q+2;;/p-2. The summed E-state index contributed by atoms with van der Waals surface area (Å²) in [5.41, 5.74) is 1.32. The van der Waals surface area contributed by atoms with Crippen LogP contribution in [-0.4, -0.2) is 67.7 Å². The average Bonchev–Trinajstić information content (AvgIpc) is 2.29. The van der Waals surface area contributed by atoms with Gasteiger partial charge in [-0.2, -0.15) is 0 Å². The minimum Gasteiger partial charge on any atom is -0.870 e. The van der Waals surface area contributed by atoms with Gasteiger partial charge in [0.05, 0.1) is 0 Å². The van der Waals surface area contributed by atoms with E-state index in [4.69, 9.17) is 7.85 Å². The molecule has 0 radical (unpaired) electrons. The van der Waals surface area contributed by atoms with E-state index in [9.17, 15) is 4.79 Å². The molecule has 0 saturated carbocycles. The van der Waals surface area contributed by atoms with Crippen molar-refractivity contribution >= 4 is 19.2 Å². The average molecular weight is 248 g/mol. The van der Waals surface area contributed by atoms with E-state index in [-0.39, 0.29) is 16.9 Å². The summed E-state index contributed by atoms with van der Waals surface area (Å²) in [7, 11) is 7.74. The van der Waals surface area contributed by atoms with Crippen LogP contribution in [0.1, 0.15) is 10.4 Å². The number of likely N-dealkylation sites (N-methyl/N-ethyl adjacent to an activating group) is 1. The van der Waals surface area contributed by atoms with E-state index in [1.807, 2.05) is 17.0 Å². The second kappa shape index (κ2) is 7.15. The van der Waals surface area contributed by atoms with Crippen LogP contribution in [-0.2, 0) is 0 Å². The van der Waals surface area contributed by atoms with Crippen LogP contribution >= 0.6 is 0 Å². The number of rotatable bonds is 1. The Morgan fingerprint density at radius 2 is 1.78 bits per heavy atom. The van der Waals surface area contributed by atoms with E-state index in [1.165, 1.54) is 0 Å². The number of hydrogen-bond acceptors (Lipinski definition) is 4. The molecule has 1 saturated heterocycles. The fraction of sp³-hybridized carbons (Fsp3) is 0.417. The van der Waals surface area contributed by atoms with Crippen molar-refractivity contribution in [1.82, 2.24) is 9.80 Å². The molecule has 1 aliphatic heterocycles. The van der Waals surface area contributed by atoms with E-state index >= 15 is 0 Å². The van der Waals surface area contributed by atoms with E-state index in [1.54, 1.807) is 12.1 Å². The minimum atomic E-state index is 0. The predicted molar refractivity (Wildman–Crippen MR) is 69.1 cm³/mol. The van der Waals surface area contributed by atoms with Crippen molar-refractivity contribution < 1.29 is 15.7 Å². The molecule has 1 amide bonds. The molecule has 1 aliphatic rings. The normalized spacial score (nSPS) is 15.6. The second-order valence-electron chi connectivity index (χ2n) is 4.22. The summed E-state index contributed by atoms with van der Waals surface area (Å²) in [5.74, 6) is 0.0837. The van der Waals surface area contributed by atoms with Gasteiger partial charge in [0.25, 0.3) is 0 Å². The number of amides is 1. The molecule has 0 aliphatic carbocycles. The molecule has 2 rings (SSSR count). The van der Waals surface area contributed by atoms with Gasteiger partial charge in [0.15, 0.2) is 0 Å². The quantitative estimate of drug-likeness (QED) is 0.628. The molecule has 1 heterocycles. The van der Waals surface area contributed by atoms with Gasteiger partial charge in [-0.1, -0.05) is 0 Å². The second-order valence-corrected chi connectivity index (χ2v) is 4.22. The van der Waals surface area contributed by atoms with Crippen LogP contribution < -0.4 is 5.46 Å². The molecule has 18 heavy (non-hydrogen) atoms. The molecule has 1 fully saturated rings. The number of piperazine rings is 1. The molecule has 1 aromatic rings. The Morgan fingerprint density at radius 3 is 2.33 bits per heavy atom. The molecule has 1 aromatic carbocycles. The van der Waals surface area contributed by atoms with Crippen molar-refractivity contribution in [2.45, 2.75) is 0 Å². The maximum absolute atomic E-state index is 12.1. The van der Waals surface area contributed by atoms with Gasteiger partial charge < -0.3 is 11.0 Å².